The van der Waals surface area contributed by atoms with Crippen molar-refractivity contribution in [2.45, 2.75) is 31.4 Å². The molecule has 2 fully saturated rings. The topological polar surface area (TPSA) is 67.6 Å². The molecule has 126 valence electrons. The van der Waals surface area contributed by atoms with E-state index in [1.165, 1.54) is 0 Å². The predicted molar refractivity (Wildman–Crippen MR) is 88.9 cm³/mol. The highest BCUT2D eigenvalue weighted by molar-refractivity contribution is 5.95. The van der Waals surface area contributed by atoms with Crippen LogP contribution in [0.4, 0.5) is 5.82 Å². The van der Waals surface area contributed by atoms with Gasteiger partial charge in [-0.2, -0.15) is 0 Å². The van der Waals surface area contributed by atoms with E-state index in [-0.39, 0.29) is 17.6 Å². The van der Waals surface area contributed by atoms with Gasteiger partial charge in [0.25, 0.3) is 5.91 Å². The Labute approximate surface area is 140 Å². The van der Waals surface area contributed by atoms with E-state index in [4.69, 9.17) is 9.15 Å². The summed E-state index contributed by atoms with van der Waals surface area (Å²) < 4.78 is 11.4. The molecule has 0 aromatic carbocycles. The predicted octanol–water partition coefficient (Wildman–Crippen LogP) is 2.47. The zero-order chi connectivity index (χ0) is 16.6. The second kappa shape index (κ2) is 5.94. The number of amides is 1. The fourth-order valence-corrected chi connectivity index (χ4v) is 3.67. The number of hydrogen-bond acceptors (Lipinski definition) is 5. The summed E-state index contributed by atoms with van der Waals surface area (Å²) in [6.45, 7) is 3.82. The van der Waals surface area contributed by atoms with E-state index in [2.05, 4.69) is 10.3 Å². The smallest absolute Gasteiger partial charge is 0.257 e. The van der Waals surface area contributed by atoms with E-state index in [0.717, 1.165) is 25.2 Å². The van der Waals surface area contributed by atoms with Crippen molar-refractivity contribution in [3.8, 4) is 0 Å². The number of carbonyl (C=O) groups is 1. The first-order valence-corrected chi connectivity index (χ1v) is 8.30. The van der Waals surface area contributed by atoms with Crippen LogP contribution in [0.3, 0.4) is 0 Å². The van der Waals surface area contributed by atoms with Gasteiger partial charge < -0.3 is 19.4 Å². The lowest BCUT2D eigenvalue weighted by atomic mass is 9.97. The number of hydrogen-bond donors (Lipinski definition) is 1. The fourth-order valence-electron chi connectivity index (χ4n) is 3.67. The van der Waals surface area contributed by atoms with Crippen LogP contribution in [0.5, 0.6) is 0 Å². The van der Waals surface area contributed by atoms with Gasteiger partial charge >= 0.3 is 0 Å². The van der Waals surface area contributed by atoms with Gasteiger partial charge in [0.2, 0.25) is 0 Å². The van der Waals surface area contributed by atoms with E-state index in [1.54, 1.807) is 18.5 Å². The molecule has 6 nitrogen and oxygen atoms in total. The Bertz CT molecular complexity index is 730. The summed E-state index contributed by atoms with van der Waals surface area (Å²) in [6, 6.07) is 7.78. The van der Waals surface area contributed by atoms with Crippen LogP contribution in [-0.4, -0.2) is 47.1 Å². The molecule has 2 aromatic rings. The lowest BCUT2D eigenvalue weighted by molar-refractivity contribution is 0.0124. The van der Waals surface area contributed by atoms with Gasteiger partial charge in [-0.3, -0.25) is 4.79 Å². The molecule has 2 aliphatic rings. The maximum atomic E-state index is 12.6. The molecule has 4 rings (SSSR count). The lowest BCUT2D eigenvalue weighted by Gasteiger charge is -2.23. The molecular formula is C18H21N3O3. The van der Waals surface area contributed by atoms with Crippen molar-refractivity contribution in [3.05, 3.63) is 48.0 Å². The average Bonchev–Trinajstić information content (AvgIpc) is 3.30. The van der Waals surface area contributed by atoms with Gasteiger partial charge in [0, 0.05) is 19.2 Å². The maximum absolute atomic E-state index is 12.6. The Kier molecular flexibility index (Phi) is 3.76. The number of rotatable bonds is 3. The summed E-state index contributed by atoms with van der Waals surface area (Å²) in [7, 11) is 0. The van der Waals surface area contributed by atoms with Crippen molar-refractivity contribution in [3.63, 3.8) is 0 Å². The minimum absolute atomic E-state index is 0.0304. The summed E-state index contributed by atoms with van der Waals surface area (Å²) in [6.07, 6.45) is 5.10. The molecule has 0 radical (unpaired) electrons. The highest BCUT2D eigenvalue weighted by atomic mass is 16.5. The number of nitrogens with one attached hydrogen (secondary N) is 1. The first-order valence-electron chi connectivity index (χ1n) is 8.30. The summed E-state index contributed by atoms with van der Waals surface area (Å²) in [5, 5.41) is 3.42. The lowest BCUT2D eigenvalue weighted by Crippen LogP contribution is -2.36. The van der Waals surface area contributed by atoms with Crippen LogP contribution in [0.2, 0.25) is 0 Å². The minimum Gasteiger partial charge on any atom is -0.469 e. The van der Waals surface area contributed by atoms with Gasteiger partial charge in [-0.15, -0.1) is 0 Å². The van der Waals surface area contributed by atoms with Crippen molar-refractivity contribution in [1.29, 1.82) is 0 Å². The number of aromatic nitrogens is 1. The molecule has 0 unspecified atom stereocenters. The Hall–Kier alpha value is -2.34. The second-order valence-electron chi connectivity index (χ2n) is 6.62. The molecule has 0 aliphatic carbocycles. The third-order valence-corrected chi connectivity index (χ3v) is 4.92. The SMILES string of the molecule is Cc1occc1C(=O)N1CC[C@]2(C[C@@H](Nc3ccccn3)CO2)C1. The van der Waals surface area contributed by atoms with Crippen LogP contribution >= 0.6 is 0 Å². The highest BCUT2D eigenvalue weighted by Crippen LogP contribution is 2.36. The highest BCUT2D eigenvalue weighted by Gasteiger charge is 2.47. The largest absolute Gasteiger partial charge is 0.469 e. The van der Waals surface area contributed by atoms with E-state index < -0.39 is 0 Å². The molecule has 24 heavy (non-hydrogen) atoms. The molecule has 2 saturated heterocycles. The first-order chi connectivity index (χ1) is 11.7. The normalized spacial score (nSPS) is 26.2. The van der Waals surface area contributed by atoms with E-state index >= 15 is 0 Å². The molecule has 1 N–H and O–H groups in total. The number of pyridine rings is 1. The van der Waals surface area contributed by atoms with Gasteiger partial charge in [-0.05, 0) is 31.5 Å². The van der Waals surface area contributed by atoms with Crippen molar-refractivity contribution in [2.75, 3.05) is 25.0 Å². The Morgan fingerprint density at radius 1 is 1.42 bits per heavy atom. The molecule has 6 heteroatoms. The first kappa shape index (κ1) is 15.2. The number of aryl methyl sites for hydroxylation is 1. The summed E-state index contributed by atoms with van der Waals surface area (Å²) in [5.41, 5.74) is 0.410. The molecular weight excluding hydrogens is 306 g/mol. The van der Waals surface area contributed by atoms with E-state index in [9.17, 15) is 4.79 Å². The standard InChI is InChI=1S/C18H21N3O3/c1-13-15(5-9-23-13)17(22)21-8-6-18(12-21)10-14(11-24-18)20-16-4-2-3-7-19-16/h2-5,7,9,14H,6,8,10-12H2,1H3,(H,19,20)/t14-,18+/m1/s1. The van der Waals surface area contributed by atoms with Crippen molar-refractivity contribution in [1.82, 2.24) is 9.88 Å². The second-order valence-corrected chi connectivity index (χ2v) is 6.62. The molecule has 1 spiro atoms. The van der Waals surface area contributed by atoms with Crippen LogP contribution in [0.15, 0.2) is 41.1 Å². The third kappa shape index (κ3) is 2.78. The van der Waals surface area contributed by atoms with Crippen LogP contribution in [0.25, 0.3) is 0 Å². The van der Waals surface area contributed by atoms with E-state index in [0.29, 0.717) is 24.5 Å². The Morgan fingerprint density at radius 3 is 3.08 bits per heavy atom. The molecule has 0 bridgehead atoms. The van der Waals surface area contributed by atoms with Gasteiger partial charge in [-0.1, -0.05) is 6.07 Å². The van der Waals surface area contributed by atoms with Gasteiger partial charge in [-0.25, -0.2) is 4.98 Å². The number of anilines is 1. The van der Waals surface area contributed by atoms with Crippen molar-refractivity contribution >= 4 is 11.7 Å². The average molecular weight is 327 g/mol. The number of ether oxygens (including phenoxy) is 1. The van der Waals surface area contributed by atoms with Crippen molar-refractivity contribution in [2.24, 2.45) is 0 Å². The van der Waals surface area contributed by atoms with Gasteiger partial charge in [0.1, 0.15) is 11.6 Å². The molecule has 2 aliphatic heterocycles. The van der Waals surface area contributed by atoms with Crippen LogP contribution in [0, 0.1) is 6.92 Å². The van der Waals surface area contributed by atoms with E-state index in [1.807, 2.05) is 30.0 Å². The quantitative estimate of drug-likeness (QED) is 0.938. The third-order valence-electron chi connectivity index (χ3n) is 4.92. The molecule has 0 saturated carbocycles. The molecule has 1 amide bonds. The number of furan rings is 1. The zero-order valence-corrected chi connectivity index (χ0v) is 13.7. The molecule has 2 aromatic heterocycles. The fraction of sp³-hybridized carbons (Fsp3) is 0.444. The number of likely N-dealkylation sites (tertiary alicyclic amines) is 1. The minimum atomic E-state index is -0.236. The van der Waals surface area contributed by atoms with Gasteiger partial charge in [0.05, 0.1) is 36.6 Å². The maximum Gasteiger partial charge on any atom is 0.257 e. The zero-order valence-electron chi connectivity index (χ0n) is 13.7. The number of nitrogens with zero attached hydrogens (tertiary/aromatic N) is 2. The summed E-state index contributed by atoms with van der Waals surface area (Å²) in [5.74, 6) is 1.56. The number of carbonyl (C=O) groups excluding carboxylic acids is 1. The van der Waals surface area contributed by atoms with Crippen LogP contribution in [0.1, 0.15) is 29.0 Å². The van der Waals surface area contributed by atoms with Crippen LogP contribution in [-0.2, 0) is 4.74 Å². The molecule has 2 atom stereocenters. The van der Waals surface area contributed by atoms with Crippen LogP contribution < -0.4 is 5.32 Å². The van der Waals surface area contributed by atoms with Crippen molar-refractivity contribution < 1.29 is 13.9 Å². The monoisotopic (exact) mass is 327 g/mol. The molecule has 4 heterocycles. The summed E-state index contributed by atoms with van der Waals surface area (Å²) in [4.78, 5) is 18.8. The Balaban J connectivity index is 1.40. The summed E-state index contributed by atoms with van der Waals surface area (Å²) >= 11 is 0. The van der Waals surface area contributed by atoms with Gasteiger partial charge in [0.15, 0.2) is 0 Å². The Morgan fingerprint density at radius 2 is 2.33 bits per heavy atom.